The van der Waals surface area contributed by atoms with E-state index in [1.165, 1.54) is 13.3 Å². The van der Waals surface area contributed by atoms with Gasteiger partial charge in [-0.25, -0.2) is 14.8 Å². The lowest BCUT2D eigenvalue weighted by atomic mass is 10.2. The minimum Gasteiger partial charge on any atom is -0.465 e. The Bertz CT molecular complexity index is 488. The molecule has 5 heteroatoms. The monoisotopic (exact) mass is 224 g/mol. The molecule has 0 fully saturated rings. The molecule has 0 bridgehead atoms. The fraction of sp³-hybridized carbons (Fsp3) is 0.100. The summed E-state index contributed by atoms with van der Waals surface area (Å²) in [6, 6.07) is 5.36. The van der Waals surface area contributed by atoms with Crippen LogP contribution in [0.15, 0.2) is 30.6 Å². The second-order valence-electron chi connectivity index (χ2n) is 2.77. The number of hydrogen-bond acceptors (Lipinski definition) is 4. The maximum Gasteiger partial charge on any atom is 0.339 e. The van der Waals surface area contributed by atoms with Crippen LogP contribution in [0, 0.1) is 0 Å². The van der Waals surface area contributed by atoms with Crippen LogP contribution < -0.4 is 0 Å². The summed E-state index contributed by atoms with van der Waals surface area (Å²) in [6.07, 6.45) is 3.12. The summed E-state index contributed by atoms with van der Waals surface area (Å²) in [5.74, 6) is -0.386. The van der Waals surface area contributed by atoms with Gasteiger partial charge >= 0.3 is 5.97 Å². The summed E-state index contributed by atoms with van der Waals surface area (Å²) in [6.45, 7) is 0. The third-order valence-electron chi connectivity index (χ3n) is 1.87. The number of carbonyl (C=O) groups excluding carboxylic acids is 1. The first kappa shape index (κ1) is 11.4. The molecule has 2 rings (SSSR count). The zero-order chi connectivity index (χ0) is 9.97. The van der Waals surface area contributed by atoms with E-state index in [0.29, 0.717) is 11.2 Å². The molecule has 2 aromatic rings. The molecule has 0 aliphatic carbocycles. The SMILES string of the molecule is COC(=O)c1cnc2ncccc2c1.Cl. The molecule has 2 aromatic heterocycles. The molecule has 0 aliphatic heterocycles. The number of methoxy groups -OCH3 is 1. The largest absolute Gasteiger partial charge is 0.465 e. The van der Waals surface area contributed by atoms with Crippen molar-refractivity contribution in [3.8, 4) is 0 Å². The van der Waals surface area contributed by atoms with Gasteiger partial charge in [0.1, 0.15) is 0 Å². The smallest absolute Gasteiger partial charge is 0.339 e. The van der Waals surface area contributed by atoms with E-state index in [0.717, 1.165) is 5.39 Å². The van der Waals surface area contributed by atoms with Crippen LogP contribution in [0.4, 0.5) is 0 Å². The number of fused-ring (bicyclic) bond motifs is 1. The maximum absolute atomic E-state index is 11.2. The van der Waals surface area contributed by atoms with Crippen LogP contribution in [0.25, 0.3) is 11.0 Å². The molecule has 0 aliphatic rings. The van der Waals surface area contributed by atoms with Crippen molar-refractivity contribution in [2.75, 3.05) is 7.11 Å². The second kappa shape index (κ2) is 4.70. The molecule has 0 radical (unpaired) electrons. The van der Waals surface area contributed by atoms with Crippen molar-refractivity contribution in [2.24, 2.45) is 0 Å². The Morgan fingerprint density at radius 2 is 2.20 bits per heavy atom. The van der Waals surface area contributed by atoms with Crippen LogP contribution in [0.3, 0.4) is 0 Å². The van der Waals surface area contributed by atoms with Gasteiger partial charge in [0.05, 0.1) is 12.7 Å². The van der Waals surface area contributed by atoms with E-state index in [1.54, 1.807) is 18.3 Å². The van der Waals surface area contributed by atoms with Crippen LogP contribution in [-0.4, -0.2) is 23.0 Å². The number of ether oxygens (including phenoxy) is 1. The van der Waals surface area contributed by atoms with Crippen LogP contribution in [-0.2, 0) is 4.74 Å². The first-order valence-corrected chi connectivity index (χ1v) is 4.10. The van der Waals surface area contributed by atoms with Crippen molar-refractivity contribution < 1.29 is 9.53 Å². The fourth-order valence-corrected chi connectivity index (χ4v) is 1.19. The zero-order valence-electron chi connectivity index (χ0n) is 8.01. The van der Waals surface area contributed by atoms with Gasteiger partial charge in [-0.2, -0.15) is 0 Å². The summed E-state index contributed by atoms with van der Waals surface area (Å²) >= 11 is 0. The Hall–Kier alpha value is -1.68. The molecule has 0 atom stereocenters. The van der Waals surface area contributed by atoms with Crippen LogP contribution in [0.5, 0.6) is 0 Å². The maximum atomic E-state index is 11.2. The van der Waals surface area contributed by atoms with Crippen molar-refractivity contribution in [2.45, 2.75) is 0 Å². The van der Waals surface area contributed by atoms with E-state index >= 15 is 0 Å². The normalized spacial score (nSPS) is 9.40. The Kier molecular flexibility index (Phi) is 3.57. The molecular weight excluding hydrogens is 216 g/mol. The third-order valence-corrected chi connectivity index (χ3v) is 1.87. The average Bonchev–Trinajstić information content (AvgIpc) is 2.27. The zero-order valence-corrected chi connectivity index (χ0v) is 8.82. The van der Waals surface area contributed by atoms with Crippen LogP contribution >= 0.6 is 12.4 Å². The van der Waals surface area contributed by atoms with Gasteiger partial charge in [-0.1, -0.05) is 0 Å². The summed E-state index contributed by atoms with van der Waals surface area (Å²) in [7, 11) is 1.34. The molecule has 0 N–H and O–H groups in total. The molecule has 0 aromatic carbocycles. The lowest BCUT2D eigenvalue weighted by Gasteiger charge is -1.99. The van der Waals surface area contributed by atoms with Crippen molar-refractivity contribution in [1.29, 1.82) is 0 Å². The fourth-order valence-electron chi connectivity index (χ4n) is 1.19. The number of hydrogen-bond donors (Lipinski definition) is 0. The summed E-state index contributed by atoms with van der Waals surface area (Å²) in [5.41, 5.74) is 1.06. The van der Waals surface area contributed by atoms with Crippen molar-refractivity contribution in [3.63, 3.8) is 0 Å². The highest BCUT2D eigenvalue weighted by molar-refractivity contribution is 5.92. The molecule has 0 saturated carbocycles. The van der Waals surface area contributed by atoms with Gasteiger partial charge in [0.2, 0.25) is 0 Å². The van der Waals surface area contributed by atoms with Crippen molar-refractivity contribution >= 4 is 29.4 Å². The van der Waals surface area contributed by atoms with E-state index in [-0.39, 0.29) is 18.4 Å². The van der Waals surface area contributed by atoms with Gasteiger partial charge in [0.15, 0.2) is 5.65 Å². The number of nitrogens with zero attached hydrogens (tertiary/aromatic N) is 2. The van der Waals surface area contributed by atoms with Crippen molar-refractivity contribution in [1.82, 2.24) is 9.97 Å². The van der Waals surface area contributed by atoms with E-state index in [1.807, 2.05) is 6.07 Å². The number of halogens is 1. The molecule has 0 saturated heterocycles. The van der Waals surface area contributed by atoms with Gasteiger partial charge in [-0.3, -0.25) is 0 Å². The molecular formula is C10H9ClN2O2. The number of esters is 1. The van der Waals surface area contributed by atoms with E-state index in [2.05, 4.69) is 14.7 Å². The first-order chi connectivity index (χ1) is 6.81. The molecule has 15 heavy (non-hydrogen) atoms. The molecule has 0 amide bonds. The number of pyridine rings is 2. The first-order valence-electron chi connectivity index (χ1n) is 4.10. The number of carbonyl (C=O) groups is 1. The van der Waals surface area contributed by atoms with Gasteiger partial charge in [0, 0.05) is 17.8 Å². The highest BCUT2D eigenvalue weighted by Crippen LogP contribution is 2.10. The summed E-state index contributed by atoms with van der Waals surface area (Å²) in [4.78, 5) is 19.3. The highest BCUT2D eigenvalue weighted by Gasteiger charge is 2.06. The molecule has 4 nitrogen and oxygen atoms in total. The van der Waals surface area contributed by atoms with Crippen LogP contribution in [0.1, 0.15) is 10.4 Å². The minimum absolute atomic E-state index is 0. The quantitative estimate of drug-likeness (QED) is 0.694. The molecule has 2 heterocycles. The molecule has 0 spiro atoms. The lowest BCUT2D eigenvalue weighted by Crippen LogP contribution is -2.01. The third kappa shape index (κ3) is 2.22. The predicted molar refractivity (Wildman–Crippen MR) is 58.1 cm³/mol. The van der Waals surface area contributed by atoms with Gasteiger partial charge in [-0.15, -0.1) is 12.4 Å². The van der Waals surface area contributed by atoms with Crippen LogP contribution in [0.2, 0.25) is 0 Å². The minimum atomic E-state index is -0.386. The summed E-state index contributed by atoms with van der Waals surface area (Å²) < 4.78 is 4.59. The lowest BCUT2D eigenvalue weighted by molar-refractivity contribution is 0.0600. The number of rotatable bonds is 1. The van der Waals surface area contributed by atoms with E-state index < -0.39 is 0 Å². The topological polar surface area (TPSA) is 52.1 Å². The Balaban J connectivity index is 0.00000112. The van der Waals surface area contributed by atoms with E-state index in [4.69, 9.17) is 0 Å². The average molecular weight is 225 g/mol. The highest BCUT2D eigenvalue weighted by atomic mass is 35.5. The number of aromatic nitrogens is 2. The Morgan fingerprint density at radius 3 is 2.93 bits per heavy atom. The van der Waals surface area contributed by atoms with Gasteiger partial charge < -0.3 is 4.74 Å². The standard InChI is InChI=1S/C10H8N2O2.ClH/c1-14-10(13)8-5-7-3-2-4-11-9(7)12-6-8;/h2-6H,1H3;1H. The predicted octanol–water partition coefficient (Wildman–Crippen LogP) is 1.84. The Labute approximate surface area is 92.7 Å². The van der Waals surface area contributed by atoms with Gasteiger partial charge in [0.25, 0.3) is 0 Å². The summed E-state index contributed by atoms with van der Waals surface area (Å²) in [5, 5.41) is 0.829. The Morgan fingerprint density at radius 1 is 1.40 bits per heavy atom. The second-order valence-corrected chi connectivity index (χ2v) is 2.77. The molecule has 0 unspecified atom stereocenters. The van der Waals surface area contributed by atoms with E-state index in [9.17, 15) is 4.79 Å². The molecule has 78 valence electrons. The van der Waals surface area contributed by atoms with Gasteiger partial charge in [-0.05, 0) is 18.2 Å². The van der Waals surface area contributed by atoms with Crippen molar-refractivity contribution in [3.05, 3.63) is 36.2 Å².